The molecule has 2 rings (SSSR count). The molecule has 0 radical (unpaired) electrons. The number of aliphatic hydroxyl groups is 1. The van der Waals surface area contributed by atoms with Crippen molar-refractivity contribution in [3.63, 3.8) is 0 Å². The first kappa shape index (κ1) is 18.2. The van der Waals surface area contributed by atoms with Crippen LogP contribution in [0.4, 0.5) is 0 Å². The lowest BCUT2D eigenvalue weighted by atomic mass is 9.67. The number of fused-ring (bicyclic) bond motifs is 1. The molecule has 0 bridgehead atoms. The van der Waals surface area contributed by atoms with Gasteiger partial charge in [-0.3, -0.25) is 9.59 Å². The van der Waals surface area contributed by atoms with Crippen molar-refractivity contribution in [2.45, 2.75) is 72.5 Å². The summed E-state index contributed by atoms with van der Waals surface area (Å²) in [6.07, 6.45) is 2.94. The third-order valence-corrected chi connectivity index (χ3v) is 5.84. The summed E-state index contributed by atoms with van der Waals surface area (Å²) in [4.78, 5) is 25.0. The van der Waals surface area contributed by atoms with E-state index in [2.05, 4.69) is 0 Å². The molecule has 1 N–H and O–H groups in total. The Hall–Kier alpha value is -1.16. The summed E-state index contributed by atoms with van der Waals surface area (Å²) >= 11 is 0. The van der Waals surface area contributed by atoms with Gasteiger partial charge >= 0.3 is 5.97 Å². The number of rotatable bonds is 3. The molecule has 0 aromatic heterocycles. The molecule has 0 saturated heterocycles. The van der Waals surface area contributed by atoms with Gasteiger partial charge in [0, 0.05) is 17.8 Å². The third-order valence-electron chi connectivity index (χ3n) is 5.84. The SMILES string of the molecule is CC1=CC(=O)[C@@]2(C)CC[C@@](O)(C(C)C)[C@@H]2[C@@H](OC(=O)C(C)C)C1. The van der Waals surface area contributed by atoms with Crippen molar-refractivity contribution in [1.29, 1.82) is 0 Å². The first-order valence-electron chi connectivity index (χ1n) is 8.67. The van der Waals surface area contributed by atoms with Crippen LogP contribution in [0, 0.1) is 23.2 Å². The Balaban J connectivity index is 2.48. The number of hydrogen-bond acceptors (Lipinski definition) is 4. The van der Waals surface area contributed by atoms with E-state index in [1.165, 1.54) is 0 Å². The Morgan fingerprint density at radius 2 is 1.91 bits per heavy atom. The van der Waals surface area contributed by atoms with Crippen LogP contribution in [0.25, 0.3) is 0 Å². The van der Waals surface area contributed by atoms with Crippen LogP contribution in [0.3, 0.4) is 0 Å². The largest absolute Gasteiger partial charge is 0.461 e. The van der Waals surface area contributed by atoms with Gasteiger partial charge in [-0.2, -0.15) is 0 Å². The average Bonchev–Trinajstić information content (AvgIpc) is 2.67. The summed E-state index contributed by atoms with van der Waals surface area (Å²) in [6.45, 7) is 11.4. The van der Waals surface area contributed by atoms with E-state index in [-0.39, 0.29) is 29.5 Å². The molecule has 4 atom stereocenters. The molecule has 2 aliphatic rings. The van der Waals surface area contributed by atoms with Crippen LogP contribution in [0.1, 0.15) is 60.8 Å². The summed E-state index contributed by atoms with van der Waals surface area (Å²) in [5, 5.41) is 11.3. The van der Waals surface area contributed by atoms with Gasteiger partial charge < -0.3 is 9.84 Å². The summed E-state index contributed by atoms with van der Waals surface area (Å²) in [7, 11) is 0. The van der Waals surface area contributed by atoms with Gasteiger partial charge in [0.1, 0.15) is 6.10 Å². The minimum Gasteiger partial charge on any atom is -0.461 e. The molecule has 0 amide bonds. The fourth-order valence-electron chi connectivity index (χ4n) is 4.26. The minimum atomic E-state index is -0.981. The zero-order chi connectivity index (χ0) is 17.6. The maximum absolute atomic E-state index is 12.8. The van der Waals surface area contributed by atoms with Gasteiger partial charge in [-0.05, 0) is 31.8 Å². The highest BCUT2D eigenvalue weighted by atomic mass is 16.5. The monoisotopic (exact) mass is 322 g/mol. The number of esters is 1. The molecule has 0 aromatic rings. The molecule has 0 spiro atoms. The van der Waals surface area contributed by atoms with E-state index >= 15 is 0 Å². The second-order valence-corrected chi connectivity index (χ2v) is 8.23. The van der Waals surface area contributed by atoms with Crippen molar-refractivity contribution < 1.29 is 19.4 Å². The van der Waals surface area contributed by atoms with Gasteiger partial charge in [0.05, 0.1) is 11.5 Å². The Morgan fingerprint density at radius 1 is 1.30 bits per heavy atom. The van der Waals surface area contributed by atoms with E-state index in [9.17, 15) is 14.7 Å². The summed E-state index contributed by atoms with van der Waals surface area (Å²) in [5.41, 5.74) is -0.734. The number of allylic oxidation sites excluding steroid dienone is 1. The number of carbonyl (C=O) groups excluding carboxylic acids is 2. The highest BCUT2D eigenvalue weighted by molar-refractivity contribution is 5.96. The van der Waals surface area contributed by atoms with Crippen molar-refractivity contribution in [3.8, 4) is 0 Å². The van der Waals surface area contributed by atoms with Crippen molar-refractivity contribution in [1.82, 2.24) is 0 Å². The number of carbonyl (C=O) groups is 2. The topological polar surface area (TPSA) is 63.6 Å². The number of ether oxygens (including phenoxy) is 1. The van der Waals surface area contributed by atoms with E-state index in [0.29, 0.717) is 19.3 Å². The van der Waals surface area contributed by atoms with E-state index in [1.54, 1.807) is 19.9 Å². The Morgan fingerprint density at radius 3 is 2.43 bits per heavy atom. The van der Waals surface area contributed by atoms with Crippen LogP contribution in [0.15, 0.2) is 11.6 Å². The average molecular weight is 322 g/mol. The predicted octanol–water partition coefficient (Wildman–Crippen LogP) is 3.28. The van der Waals surface area contributed by atoms with E-state index in [0.717, 1.165) is 5.57 Å². The fraction of sp³-hybridized carbons (Fsp3) is 0.789. The van der Waals surface area contributed by atoms with Crippen LogP contribution in [0.5, 0.6) is 0 Å². The van der Waals surface area contributed by atoms with Crippen LogP contribution in [0.2, 0.25) is 0 Å². The zero-order valence-corrected chi connectivity index (χ0v) is 15.2. The smallest absolute Gasteiger partial charge is 0.308 e. The molecule has 4 heteroatoms. The van der Waals surface area contributed by atoms with Crippen molar-refractivity contribution in [3.05, 3.63) is 11.6 Å². The lowest BCUT2D eigenvalue weighted by Crippen LogP contribution is -2.52. The normalized spacial score (nSPS) is 37.6. The first-order chi connectivity index (χ1) is 10.5. The van der Waals surface area contributed by atoms with Crippen molar-refractivity contribution >= 4 is 11.8 Å². The maximum Gasteiger partial charge on any atom is 0.308 e. The molecule has 0 aromatic carbocycles. The van der Waals surface area contributed by atoms with Gasteiger partial charge in [-0.1, -0.05) is 40.2 Å². The maximum atomic E-state index is 12.8. The second kappa shape index (κ2) is 6.04. The molecule has 130 valence electrons. The molecule has 2 aliphatic carbocycles. The van der Waals surface area contributed by atoms with E-state index in [4.69, 9.17) is 4.74 Å². The second-order valence-electron chi connectivity index (χ2n) is 8.23. The predicted molar refractivity (Wildman–Crippen MR) is 88.7 cm³/mol. The van der Waals surface area contributed by atoms with Gasteiger partial charge in [-0.15, -0.1) is 0 Å². The van der Waals surface area contributed by atoms with Crippen molar-refractivity contribution in [2.24, 2.45) is 23.2 Å². The lowest BCUT2D eigenvalue weighted by molar-refractivity contribution is -0.171. The summed E-state index contributed by atoms with van der Waals surface area (Å²) in [5.74, 6) is -0.796. The molecule has 1 fully saturated rings. The van der Waals surface area contributed by atoms with Crippen molar-refractivity contribution in [2.75, 3.05) is 0 Å². The molecule has 23 heavy (non-hydrogen) atoms. The quantitative estimate of drug-likeness (QED) is 0.810. The highest BCUT2D eigenvalue weighted by Crippen LogP contribution is 2.56. The zero-order valence-electron chi connectivity index (χ0n) is 15.2. The Bertz CT molecular complexity index is 533. The number of hydrogen-bond donors (Lipinski definition) is 1. The van der Waals surface area contributed by atoms with Crippen LogP contribution < -0.4 is 0 Å². The third kappa shape index (κ3) is 2.98. The molecule has 0 heterocycles. The van der Waals surface area contributed by atoms with Gasteiger partial charge in [0.15, 0.2) is 5.78 Å². The summed E-state index contributed by atoms with van der Waals surface area (Å²) < 4.78 is 5.78. The molecular formula is C19H30O4. The van der Waals surface area contributed by atoms with Gasteiger partial charge in [-0.25, -0.2) is 0 Å². The number of ketones is 1. The van der Waals surface area contributed by atoms with Crippen LogP contribution in [-0.4, -0.2) is 28.6 Å². The van der Waals surface area contributed by atoms with Crippen LogP contribution >= 0.6 is 0 Å². The highest BCUT2D eigenvalue weighted by Gasteiger charge is 2.62. The standard InChI is InChI=1S/C19H30O4/c1-11(2)17(21)23-14-9-13(5)10-15(20)18(6)7-8-19(22,12(3)4)16(14)18/h10-12,14,16,22H,7-9H2,1-6H3/t14-,16+,18+,19+/m0/s1. The first-order valence-corrected chi connectivity index (χ1v) is 8.67. The lowest BCUT2D eigenvalue weighted by Gasteiger charge is -2.43. The molecule has 0 aliphatic heterocycles. The molecule has 0 unspecified atom stereocenters. The summed E-state index contributed by atoms with van der Waals surface area (Å²) in [6, 6.07) is 0. The van der Waals surface area contributed by atoms with E-state index in [1.807, 2.05) is 27.7 Å². The Kier molecular flexibility index (Phi) is 4.78. The Labute approximate surface area is 139 Å². The molecular weight excluding hydrogens is 292 g/mol. The molecule has 4 nitrogen and oxygen atoms in total. The fourth-order valence-corrected chi connectivity index (χ4v) is 4.26. The van der Waals surface area contributed by atoms with Gasteiger partial charge in [0.25, 0.3) is 0 Å². The van der Waals surface area contributed by atoms with Crippen LogP contribution in [-0.2, 0) is 14.3 Å². The molecule has 1 saturated carbocycles. The van der Waals surface area contributed by atoms with E-state index < -0.39 is 17.1 Å². The minimum absolute atomic E-state index is 0.000725. The van der Waals surface area contributed by atoms with Gasteiger partial charge in [0.2, 0.25) is 0 Å².